The van der Waals surface area contributed by atoms with Gasteiger partial charge >= 0.3 is 0 Å². The quantitative estimate of drug-likeness (QED) is 0.415. The summed E-state index contributed by atoms with van der Waals surface area (Å²) in [5.41, 5.74) is 8.90. The predicted molar refractivity (Wildman–Crippen MR) is 61.6 cm³/mol. The molecule has 76 valence electrons. The van der Waals surface area contributed by atoms with Crippen molar-refractivity contribution in [2.75, 3.05) is 0 Å². The third-order valence-corrected chi connectivity index (χ3v) is 1.97. The van der Waals surface area contributed by atoms with Crippen LogP contribution in [0.25, 0.3) is 0 Å². The summed E-state index contributed by atoms with van der Waals surface area (Å²) in [5.74, 6) is 1.16. The van der Waals surface area contributed by atoms with E-state index in [1.165, 1.54) is 0 Å². The second kappa shape index (κ2) is 5.91. The molecular weight excluding hydrogens is 182 g/mol. The molecule has 0 aliphatic carbocycles. The van der Waals surface area contributed by atoms with E-state index in [1.807, 2.05) is 6.92 Å². The van der Waals surface area contributed by atoms with Crippen LogP contribution in [-0.4, -0.2) is 10.8 Å². The summed E-state index contributed by atoms with van der Waals surface area (Å²) in [6.45, 7) is 8.54. The Labute approximate surface area is 85.8 Å². The molecule has 0 amide bonds. The molecule has 0 radical (unpaired) electrons. The van der Waals surface area contributed by atoms with Crippen LogP contribution in [-0.2, 0) is 0 Å². The standard InChI is InChI=1S/C9H19N3S/c1-6(2)5-7(3)8(4)11-12-9(10)13/h6-7H,5H2,1-4H3,(H3,10,12,13). The lowest BCUT2D eigenvalue weighted by atomic mass is 9.95. The van der Waals surface area contributed by atoms with Gasteiger partial charge in [-0.2, -0.15) is 5.10 Å². The highest BCUT2D eigenvalue weighted by atomic mass is 32.1. The normalized spacial score (nSPS) is 14.4. The highest BCUT2D eigenvalue weighted by Gasteiger charge is 2.07. The van der Waals surface area contributed by atoms with Crippen molar-refractivity contribution in [3.05, 3.63) is 0 Å². The Morgan fingerprint density at radius 3 is 2.38 bits per heavy atom. The Kier molecular flexibility index (Phi) is 5.62. The molecule has 0 heterocycles. The number of nitrogens with zero attached hydrogens (tertiary/aromatic N) is 1. The molecule has 0 aliphatic heterocycles. The summed E-state index contributed by atoms with van der Waals surface area (Å²) in [4.78, 5) is 0. The summed E-state index contributed by atoms with van der Waals surface area (Å²) < 4.78 is 0. The molecule has 0 aromatic rings. The molecule has 0 spiro atoms. The van der Waals surface area contributed by atoms with E-state index in [9.17, 15) is 0 Å². The van der Waals surface area contributed by atoms with E-state index < -0.39 is 0 Å². The van der Waals surface area contributed by atoms with Crippen molar-refractivity contribution >= 4 is 23.0 Å². The van der Waals surface area contributed by atoms with Gasteiger partial charge in [0.15, 0.2) is 5.11 Å². The summed E-state index contributed by atoms with van der Waals surface area (Å²) in [6.07, 6.45) is 1.13. The highest BCUT2D eigenvalue weighted by Crippen LogP contribution is 2.12. The molecular formula is C9H19N3S. The van der Waals surface area contributed by atoms with Crippen LogP contribution in [0.1, 0.15) is 34.1 Å². The number of hydrogen-bond acceptors (Lipinski definition) is 2. The molecule has 4 heteroatoms. The van der Waals surface area contributed by atoms with Gasteiger partial charge in [-0.1, -0.05) is 20.8 Å². The zero-order chi connectivity index (χ0) is 10.4. The lowest BCUT2D eigenvalue weighted by Gasteiger charge is -2.13. The van der Waals surface area contributed by atoms with E-state index in [0.29, 0.717) is 11.8 Å². The number of thiocarbonyl (C=S) groups is 1. The van der Waals surface area contributed by atoms with E-state index in [1.54, 1.807) is 0 Å². The van der Waals surface area contributed by atoms with Crippen LogP contribution < -0.4 is 11.2 Å². The maximum absolute atomic E-state index is 5.26. The first-order valence-corrected chi connectivity index (χ1v) is 4.94. The molecule has 0 aromatic heterocycles. The molecule has 0 rings (SSSR count). The molecule has 1 atom stereocenters. The van der Waals surface area contributed by atoms with Gasteiger partial charge in [0.05, 0.1) is 0 Å². The van der Waals surface area contributed by atoms with E-state index in [4.69, 9.17) is 5.73 Å². The van der Waals surface area contributed by atoms with Gasteiger partial charge in [-0.15, -0.1) is 0 Å². The summed E-state index contributed by atoms with van der Waals surface area (Å²) >= 11 is 4.65. The molecule has 13 heavy (non-hydrogen) atoms. The summed E-state index contributed by atoms with van der Waals surface area (Å²) in [7, 11) is 0. The lowest BCUT2D eigenvalue weighted by molar-refractivity contribution is 0.519. The van der Waals surface area contributed by atoms with E-state index in [0.717, 1.165) is 12.1 Å². The second-order valence-electron chi connectivity index (χ2n) is 3.76. The first-order chi connectivity index (χ1) is 5.93. The van der Waals surface area contributed by atoms with Crippen LogP contribution in [0.5, 0.6) is 0 Å². The van der Waals surface area contributed by atoms with Gasteiger partial charge in [0.25, 0.3) is 0 Å². The van der Waals surface area contributed by atoms with E-state index in [-0.39, 0.29) is 5.11 Å². The topological polar surface area (TPSA) is 50.4 Å². The third-order valence-electron chi connectivity index (χ3n) is 1.88. The maximum atomic E-state index is 5.26. The van der Waals surface area contributed by atoms with E-state index >= 15 is 0 Å². The SMILES string of the molecule is CC(=NNC(N)=S)C(C)CC(C)C. The summed E-state index contributed by atoms with van der Waals surface area (Å²) in [5, 5.41) is 4.30. The Morgan fingerprint density at radius 1 is 1.46 bits per heavy atom. The van der Waals surface area contributed by atoms with Crippen molar-refractivity contribution in [3.63, 3.8) is 0 Å². The number of hydrazone groups is 1. The third kappa shape index (κ3) is 6.51. The Bertz CT molecular complexity index is 199. The van der Waals surface area contributed by atoms with Gasteiger partial charge in [-0.05, 0) is 37.4 Å². The van der Waals surface area contributed by atoms with Gasteiger partial charge in [0.2, 0.25) is 0 Å². The number of hydrogen-bond donors (Lipinski definition) is 2. The van der Waals surface area contributed by atoms with Crippen molar-refractivity contribution in [2.24, 2.45) is 22.7 Å². The minimum atomic E-state index is 0.219. The Hall–Kier alpha value is -0.640. The number of rotatable bonds is 4. The van der Waals surface area contributed by atoms with Crippen molar-refractivity contribution in [1.82, 2.24) is 5.43 Å². The first kappa shape index (κ1) is 12.4. The highest BCUT2D eigenvalue weighted by molar-refractivity contribution is 7.80. The van der Waals surface area contributed by atoms with Gasteiger partial charge in [0.1, 0.15) is 0 Å². The minimum absolute atomic E-state index is 0.219. The van der Waals surface area contributed by atoms with Crippen molar-refractivity contribution in [1.29, 1.82) is 0 Å². The minimum Gasteiger partial charge on any atom is -0.375 e. The molecule has 0 fully saturated rings. The van der Waals surface area contributed by atoms with Crippen molar-refractivity contribution < 1.29 is 0 Å². The fourth-order valence-corrected chi connectivity index (χ4v) is 1.18. The number of nitrogens with two attached hydrogens (primary N) is 1. The van der Waals surface area contributed by atoms with Crippen LogP contribution in [0.4, 0.5) is 0 Å². The van der Waals surface area contributed by atoms with Gasteiger partial charge < -0.3 is 5.73 Å². The molecule has 0 aromatic carbocycles. The first-order valence-electron chi connectivity index (χ1n) is 4.53. The van der Waals surface area contributed by atoms with Gasteiger partial charge in [-0.3, -0.25) is 5.43 Å². The molecule has 0 saturated heterocycles. The smallest absolute Gasteiger partial charge is 0.184 e. The monoisotopic (exact) mass is 201 g/mol. The van der Waals surface area contributed by atoms with Crippen LogP contribution in [0, 0.1) is 11.8 Å². The Morgan fingerprint density at radius 2 is 2.00 bits per heavy atom. The van der Waals surface area contributed by atoms with Crippen LogP contribution >= 0.6 is 12.2 Å². The predicted octanol–water partition coefficient (Wildman–Crippen LogP) is 1.88. The van der Waals surface area contributed by atoms with Crippen molar-refractivity contribution in [3.8, 4) is 0 Å². The zero-order valence-electron chi connectivity index (χ0n) is 8.79. The van der Waals surface area contributed by atoms with E-state index in [2.05, 4.69) is 43.5 Å². The fraction of sp³-hybridized carbons (Fsp3) is 0.778. The summed E-state index contributed by atoms with van der Waals surface area (Å²) in [6, 6.07) is 0. The van der Waals surface area contributed by atoms with Crippen LogP contribution in [0.3, 0.4) is 0 Å². The average molecular weight is 201 g/mol. The largest absolute Gasteiger partial charge is 0.375 e. The second-order valence-corrected chi connectivity index (χ2v) is 4.20. The molecule has 1 unspecified atom stereocenters. The molecule has 0 saturated carbocycles. The lowest BCUT2D eigenvalue weighted by Crippen LogP contribution is -2.26. The van der Waals surface area contributed by atoms with Gasteiger partial charge in [0, 0.05) is 5.71 Å². The fourth-order valence-electron chi connectivity index (χ4n) is 1.13. The number of nitrogens with one attached hydrogen (secondary N) is 1. The zero-order valence-corrected chi connectivity index (χ0v) is 9.61. The molecule has 3 nitrogen and oxygen atoms in total. The Balaban J connectivity index is 4.00. The van der Waals surface area contributed by atoms with Gasteiger partial charge in [-0.25, -0.2) is 0 Å². The molecule has 3 N–H and O–H groups in total. The van der Waals surface area contributed by atoms with Crippen LogP contribution in [0.15, 0.2) is 5.10 Å². The van der Waals surface area contributed by atoms with Crippen molar-refractivity contribution in [2.45, 2.75) is 34.1 Å². The molecule has 0 aliphatic rings. The molecule has 0 bridgehead atoms. The van der Waals surface area contributed by atoms with Crippen LogP contribution in [0.2, 0.25) is 0 Å². The maximum Gasteiger partial charge on any atom is 0.184 e. The average Bonchev–Trinajstić information content (AvgIpc) is 1.98.